The molecular formula is C14H25N3. The summed E-state index contributed by atoms with van der Waals surface area (Å²) in [4.78, 5) is 0. The van der Waals surface area contributed by atoms with Crippen LogP contribution in [0.5, 0.6) is 0 Å². The molecule has 0 spiro atoms. The zero-order chi connectivity index (χ0) is 12.7. The largest absolute Gasteiger partial charge is 0.325 e. The van der Waals surface area contributed by atoms with E-state index in [0.29, 0.717) is 11.5 Å². The van der Waals surface area contributed by atoms with Crippen molar-refractivity contribution < 1.29 is 0 Å². The fourth-order valence-corrected chi connectivity index (χ4v) is 2.99. The lowest BCUT2D eigenvalue weighted by molar-refractivity contribution is 0.332. The predicted molar refractivity (Wildman–Crippen MR) is 70.9 cm³/mol. The number of nitrogens with two attached hydrogens (primary N) is 1. The van der Waals surface area contributed by atoms with Gasteiger partial charge in [-0.1, -0.05) is 13.8 Å². The fraction of sp³-hybridized carbons (Fsp3) is 0.786. The van der Waals surface area contributed by atoms with Crippen LogP contribution in [0, 0.1) is 5.41 Å². The number of rotatable bonds is 3. The van der Waals surface area contributed by atoms with E-state index < -0.39 is 0 Å². The molecule has 3 heteroatoms. The quantitative estimate of drug-likeness (QED) is 0.875. The van der Waals surface area contributed by atoms with Gasteiger partial charge in [-0.3, -0.25) is 4.68 Å². The van der Waals surface area contributed by atoms with E-state index in [1.165, 1.54) is 6.42 Å². The lowest BCUT2D eigenvalue weighted by Crippen LogP contribution is -2.40. The van der Waals surface area contributed by atoms with E-state index in [4.69, 9.17) is 5.73 Å². The summed E-state index contributed by atoms with van der Waals surface area (Å²) >= 11 is 0. The topological polar surface area (TPSA) is 43.8 Å². The van der Waals surface area contributed by atoms with Crippen LogP contribution in [0.4, 0.5) is 0 Å². The second-order valence-electron chi connectivity index (χ2n) is 6.76. The Bertz CT molecular complexity index is 392. The number of hydrogen-bond donors (Lipinski definition) is 1. The highest BCUT2D eigenvalue weighted by molar-refractivity contribution is 5.09. The molecule has 1 heterocycles. The van der Waals surface area contributed by atoms with Gasteiger partial charge in [-0.05, 0) is 44.6 Å². The Kier molecular flexibility index (Phi) is 3.06. The highest BCUT2D eigenvalue weighted by Gasteiger charge is 2.40. The first-order chi connectivity index (χ1) is 7.80. The van der Waals surface area contributed by atoms with E-state index in [2.05, 4.69) is 45.1 Å². The van der Waals surface area contributed by atoms with Gasteiger partial charge in [0.05, 0.1) is 5.69 Å². The maximum atomic E-state index is 6.50. The smallest absolute Gasteiger partial charge is 0.0643 e. The second-order valence-corrected chi connectivity index (χ2v) is 6.76. The lowest BCUT2D eigenvalue weighted by Gasteiger charge is -2.25. The van der Waals surface area contributed by atoms with E-state index in [0.717, 1.165) is 25.0 Å². The molecule has 0 aromatic carbocycles. The Morgan fingerprint density at radius 2 is 2.12 bits per heavy atom. The summed E-state index contributed by atoms with van der Waals surface area (Å²) in [5.74, 6) is 0. The van der Waals surface area contributed by atoms with Crippen molar-refractivity contribution in [2.24, 2.45) is 11.1 Å². The molecule has 0 aliphatic heterocycles. The van der Waals surface area contributed by atoms with Gasteiger partial charge in [-0.2, -0.15) is 5.10 Å². The van der Waals surface area contributed by atoms with Crippen LogP contribution in [0.3, 0.4) is 0 Å². The summed E-state index contributed by atoms with van der Waals surface area (Å²) in [5, 5.41) is 4.60. The molecule has 1 atom stereocenters. The van der Waals surface area contributed by atoms with Gasteiger partial charge in [0.15, 0.2) is 0 Å². The fourth-order valence-electron chi connectivity index (χ4n) is 2.99. The van der Waals surface area contributed by atoms with Crippen molar-refractivity contribution in [3.8, 4) is 0 Å². The molecule has 1 aliphatic carbocycles. The summed E-state index contributed by atoms with van der Waals surface area (Å²) < 4.78 is 2.01. The molecule has 3 nitrogen and oxygen atoms in total. The summed E-state index contributed by atoms with van der Waals surface area (Å²) in [6.45, 7) is 8.92. The van der Waals surface area contributed by atoms with Crippen LogP contribution in [0.1, 0.15) is 58.7 Å². The molecule has 0 radical (unpaired) electrons. The van der Waals surface area contributed by atoms with Crippen LogP contribution >= 0.6 is 0 Å². The first-order valence-electron chi connectivity index (χ1n) is 6.63. The molecule has 1 fully saturated rings. The van der Waals surface area contributed by atoms with Gasteiger partial charge >= 0.3 is 0 Å². The Hall–Kier alpha value is -0.830. The van der Waals surface area contributed by atoms with Gasteiger partial charge in [0.25, 0.3) is 0 Å². The second kappa shape index (κ2) is 4.13. The van der Waals surface area contributed by atoms with E-state index in [9.17, 15) is 0 Å². The zero-order valence-electron chi connectivity index (χ0n) is 11.5. The van der Waals surface area contributed by atoms with Gasteiger partial charge in [-0.15, -0.1) is 0 Å². The van der Waals surface area contributed by atoms with Crippen molar-refractivity contribution in [2.45, 2.75) is 65.0 Å². The highest BCUT2D eigenvalue weighted by Crippen LogP contribution is 2.43. The minimum Gasteiger partial charge on any atom is -0.325 e. The normalized spacial score (nSPS) is 27.9. The molecular weight excluding hydrogens is 210 g/mol. The van der Waals surface area contributed by atoms with Gasteiger partial charge in [-0.25, -0.2) is 0 Å². The van der Waals surface area contributed by atoms with Crippen molar-refractivity contribution in [2.75, 3.05) is 0 Å². The Labute approximate surface area is 104 Å². The highest BCUT2D eigenvalue weighted by atomic mass is 15.3. The molecule has 2 rings (SSSR count). The third-order valence-corrected chi connectivity index (χ3v) is 3.86. The van der Waals surface area contributed by atoms with E-state index in [1.807, 2.05) is 4.68 Å². The Morgan fingerprint density at radius 3 is 2.59 bits per heavy atom. The molecule has 96 valence electrons. The van der Waals surface area contributed by atoms with Crippen LogP contribution in [0.15, 0.2) is 12.3 Å². The minimum atomic E-state index is -0.0420. The third-order valence-electron chi connectivity index (χ3n) is 3.86. The van der Waals surface area contributed by atoms with Crippen LogP contribution in [0.2, 0.25) is 0 Å². The summed E-state index contributed by atoms with van der Waals surface area (Å²) in [6.07, 6.45) is 6.43. The monoisotopic (exact) mass is 235 g/mol. The van der Waals surface area contributed by atoms with Crippen molar-refractivity contribution in [1.29, 1.82) is 0 Å². The van der Waals surface area contributed by atoms with Crippen molar-refractivity contribution in [3.63, 3.8) is 0 Å². The molecule has 1 unspecified atom stereocenters. The number of hydrogen-bond acceptors (Lipinski definition) is 2. The first-order valence-corrected chi connectivity index (χ1v) is 6.63. The minimum absolute atomic E-state index is 0.0420. The maximum Gasteiger partial charge on any atom is 0.0643 e. The molecule has 17 heavy (non-hydrogen) atoms. The maximum absolute atomic E-state index is 6.50. The molecule has 1 aromatic heterocycles. The Balaban J connectivity index is 2.05. The Morgan fingerprint density at radius 1 is 1.41 bits per heavy atom. The standard InChI is InChI=1S/C14H25N3/c1-11(2)17-8-5-12(16-17)9-14(15)7-6-13(3,4)10-14/h5,8,11H,6-7,9-10,15H2,1-4H3. The van der Waals surface area contributed by atoms with Crippen LogP contribution in [-0.2, 0) is 6.42 Å². The molecule has 0 amide bonds. The number of nitrogens with zero attached hydrogens (tertiary/aromatic N) is 2. The zero-order valence-corrected chi connectivity index (χ0v) is 11.5. The average Bonchev–Trinajstić information content (AvgIpc) is 2.72. The molecule has 0 bridgehead atoms. The molecule has 1 aliphatic rings. The van der Waals surface area contributed by atoms with Gasteiger partial charge in [0.1, 0.15) is 0 Å². The summed E-state index contributed by atoms with van der Waals surface area (Å²) in [6, 6.07) is 2.54. The van der Waals surface area contributed by atoms with Crippen LogP contribution < -0.4 is 5.73 Å². The third kappa shape index (κ3) is 2.89. The van der Waals surface area contributed by atoms with E-state index in [1.54, 1.807) is 0 Å². The van der Waals surface area contributed by atoms with Crippen molar-refractivity contribution in [1.82, 2.24) is 9.78 Å². The summed E-state index contributed by atoms with van der Waals surface area (Å²) in [7, 11) is 0. The summed E-state index contributed by atoms with van der Waals surface area (Å²) in [5.41, 5.74) is 8.00. The number of aromatic nitrogens is 2. The van der Waals surface area contributed by atoms with E-state index >= 15 is 0 Å². The first kappa shape index (κ1) is 12.6. The van der Waals surface area contributed by atoms with Gasteiger partial charge < -0.3 is 5.73 Å². The molecule has 1 aromatic rings. The predicted octanol–water partition coefficient (Wildman–Crippen LogP) is 2.91. The molecule has 1 saturated carbocycles. The van der Waals surface area contributed by atoms with Crippen molar-refractivity contribution in [3.05, 3.63) is 18.0 Å². The van der Waals surface area contributed by atoms with Crippen molar-refractivity contribution >= 4 is 0 Å². The van der Waals surface area contributed by atoms with Gasteiger partial charge in [0.2, 0.25) is 0 Å². The van der Waals surface area contributed by atoms with E-state index in [-0.39, 0.29) is 5.54 Å². The average molecular weight is 235 g/mol. The molecule has 2 N–H and O–H groups in total. The lowest BCUT2D eigenvalue weighted by atomic mass is 9.86. The molecule has 0 saturated heterocycles. The van der Waals surface area contributed by atoms with Crippen LogP contribution in [-0.4, -0.2) is 15.3 Å². The van der Waals surface area contributed by atoms with Gasteiger partial charge in [0, 0.05) is 24.2 Å². The van der Waals surface area contributed by atoms with Crippen LogP contribution in [0.25, 0.3) is 0 Å². The SMILES string of the molecule is CC(C)n1ccc(CC2(N)CCC(C)(C)C2)n1.